The van der Waals surface area contributed by atoms with Crippen LogP contribution in [0.3, 0.4) is 0 Å². The van der Waals surface area contributed by atoms with Gasteiger partial charge in [0.2, 0.25) is 5.91 Å². The molecule has 25 heavy (non-hydrogen) atoms. The lowest BCUT2D eigenvalue weighted by atomic mass is 10.1. The molecule has 0 fully saturated rings. The Morgan fingerprint density at radius 1 is 1.08 bits per heavy atom. The first kappa shape index (κ1) is 16.9. The van der Waals surface area contributed by atoms with Crippen molar-refractivity contribution < 1.29 is 13.7 Å². The number of halogens is 1. The highest BCUT2D eigenvalue weighted by Gasteiger charge is 2.13. The number of carbonyl (C=O) groups is 1. The summed E-state index contributed by atoms with van der Waals surface area (Å²) in [5, 5.41) is 6.71. The van der Waals surface area contributed by atoms with Gasteiger partial charge < -0.3 is 9.84 Å². The quantitative estimate of drug-likeness (QED) is 0.667. The second kappa shape index (κ2) is 8.24. The summed E-state index contributed by atoms with van der Waals surface area (Å²) in [7, 11) is 0. The molecule has 0 aliphatic carbocycles. The topological polar surface area (TPSA) is 55.1 Å². The second-order valence-electron chi connectivity index (χ2n) is 5.78. The van der Waals surface area contributed by atoms with E-state index in [1.165, 1.54) is 11.6 Å². The fourth-order valence-corrected chi connectivity index (χ4v) is 2.58. The first-order valence-electron chi connectivity index (χ1n) is 8.23. The third-order valence-corrected chi connectivity index (χ3v) is 3.85. The second-order valence-corrected chi connectivity index (χ2v) is 5.78. The van der Waals surface area contributed by atoms with Crippen molar-refractivity contribution in [1.29, 1.82) is 0 Å². The molecule has 5 heteroatoms. The number of benzene rings is 2. The zero-order valence-electron chi connectivity index (χ0n) is 13.7. The summed E-state index contributed by atoms with van der Waals surface area (Å²) < 4.78 is 18.9. The van der Waals surface area contributed by atoms with Crippen molar-refractivity contribution in [2.75, 3.05) is 6.54 Å². The van der Waals surface area contributed by atoms with Gasteiger partial charge >= 0.3 is 0 Å². The largest absolute Gasteiger partial charge is 0.356 e. The van der Waals surface area contributed by atoms with Gasteiger partial charge in [0.25, 0.3) is 0 Å². The standard InChI is InChI=1S/C20H19FN2O2/c21-18-11-5-4-10-17(18)19-13-16(23-25-19)14-20(24)22-12-6-9-15-7-2-1-3-8-15/h1-5,7-8,10-11,13H,6,9,12,14H2,(H,22,24). The Kier molecular flexibility index (Phi) is 5.57. The van der Waals surface area contributed by atoms with Gasteiger partial charge in [-0.25, -0.2) is 4.39 Å². The highest BCUT2D eigenvalue weighted by molar-refractivity contribution is 5.78. The number of amides is 1. The zero-order valence-corrected chi connectivity index (χ0v) is 13.7. The molecule has 1 aromatic heterocycles. The van der Waals surface area contributed by atoms with E-state index in [0.717, 1.165) is 12.8 Å². The van der Waals surface area contributed by atoms with Crippen LogP contribution in [0.1, 0.15) is 17.7 Å². The zero-order chi connectivity index (χ0) is 17.5. The number of nitrogens with zero attached hydrogens (tertiary/aromatic N) is 1. The van der Waals surface area contributed by atoms with Crippen LogP contribution in [0, 0.1) is 5.82 Å². The van der Waals surface area contributed by atoms with Gasteiger partial charge in [-0.3, -0.25) is 4.79 Å². The van der Waals surface area contributed by atoms with Crippen LogP contribution in [0.5, 0.6) is 0 Å². The lowest BCUT2D eigenvalue weighted by molar-refractivity contribution is -0.120. The average Bonchev–Trinajstić information content (AvgIpc) is 3.08. The van der Waals surface area contributed by atoms with Crippen LogP contribution in [0.2, 0.25) is 0 Å². The number of carbonyl (C=O) groups excluding carboxylic acids is 1. The average molecular weight is 338 g/mol. The van der Waals surface area contributed by atoms with Gasteiger partial charge in [-0.15, -0.1) is 0 Å². The summed E-state index contributed by atoms with van der Waals surface area (Å²) in [5.41, 5.74) is 2.08. The molecular weight excluding hydrogens is 319 g/mol. The smallest absolute Gasteiger partial charge is 0.226 e. The number of aromatic nitrogens is 1. The van der Waals surface area contributed by atoms with E-state index >= 15 is 0 Å². The summed E-state index contributed by atoms with van der Waals surface area (Å²) in [6, 6.07) is 18.0. The molecule has 2 aromatic carbocycles. The maximum absolute atomic E-state index is 13.7. The van der Waals surface area contributed by atoms with E-state index in [1.807, 2.05) is 18.2 Å². The van der Waals surface area contributed by atoms with Gasteiger partial charge in [0.05, 0.1) is 17.7 Å². The van der Waals surface area contributed by atoms with Crippen molar-refractivity contribution >= 4 is 5.91 Å². The van der Waals surface area contributed by atoms with E-state index in [1.54, 1.807) is 24.3 Å². The number of rotatable bonds is 7. The predicted molar refractivity (Wildman–Crippen MR) is 93.4 cm³/mol. The minimum absolute atomic E-state index is 0.114. The molecule has 0 saturated heterocycles. The number of nitrogens with one attached hydrogen (secondary N) is 1. The van der Waals surface area contributed by atoms with Crippen LogP contribution in [-0.4, -0.2) is 17.6 Å². The molecule has 1 heterocycles. The van der Waals surface area contributed by atoms with Crippen LogP contribution in [-0.2, 0) is 17.6 Å². The maximum atomic E-state index is 13.7. The van der Waals surface area contributed by atoms with Gasteiger partial charge in [-0.2, -0.15) is 0 Å². The molecule has 3 aromatic rings. The Hall–Kier alpha value is -2.95. The van der Waals surface area contributed by atoms with Gasteiger partial charge in [0.1, 0.15) is 5.82 Å². The van der Waals surface area contributed by atoms with Crippen molar-refractivity contribution in [3.8, 4) is 11.3 Å². The first-order valence-corrected chi connectivity index (χ1v) is 8.23. The molecule has 1 amide bonds. The summed E-state index contributed by atoms with van der Waals surface area (Å²) in [5.74, 6) is -0.179. The normalized spacial score (nSPS) is 10.6. The molecule has 0 aliphatic heterocycles. The van der Waals surface area contributed by atoms with Crippen LogP contribution in [0.4, 0.5) is 4.39 Å². The van der Waals surface area contributed by atoms with E-state index in [4.69, 9.17) is 4.52 Å². The molecule has 0 saturated carbocycles. The lowest BCUT2D eigenvalue weighted by Gasteiger charge is -2.04. The molecule has 0 unspecified atom stereocenters. The van der Waals surface area contributed by atoms with Crippen molar-refractivity contribution in [2.24, 2.45) is 0 Å². The van der Waals surface area contributed by atoms with Crippen molar-refractivity contribution in [1.82, 2.24) is 10.5 Å². The molecule has 0 spiro atoms. The van der Waals surface area contributed by atoms with E-state index in [0.29, 0.717) is 23.6 Å². The lowest BCUT2D eigenvalue weighted by Crippen LogP contribution is -2.26. The Morgan fingerprint density at radius 2 is 1.84 bits per heavy atom. The predicted octanol–water partition coefficient (Wildman–Crippen LogP) is 3.77. The van der Waals surface area contributed by atoms with Crippen LogP contribution >= 0.6 is 0 Å². The fraction of sp³-hybridized carbons (Fsp3) is 0.200. The molecule has 3 rings (SSSR count). The molecular formula is C20H19FN2O2. The van der Waals surface area contributed by atoms with Crippen LogP contribution < -0.4 is 5.32 Å². The third-order valence-electron chi connectivity index (χ3n) is 3.85. The third kappa shape index (κ3) is 4.76. The number of aryl methyl sites for hydroxylation is 1. The molecule has 0 radical (unpaired) electrons. The van der Waals surface area contributed by atoms with E-state index in [2.05, 4.69) is 22.6 Å². The van der Waals surface area contributed by atoms with E-state index in [9.17, 15) is 9.18 Å². The number of hydrogen-bond donors (Lipinski definition) is 1. The minimum atomic E-state index is -0.379. The summed E-state index contributed by atoms with van der Waals surface area (Å²) in [6.45, 7) is 0.603. The molecule has 128 valence electrons. The summed E-state index contributed by atoms with van der Waals surface area (Å²) >= 11 is 0. The van der Waals surface area contributed by atoms with Crippen LogP contribution in [0.15, 0.2) is 65.2 Å². The van der Waals surface area contributed by atoms with E-state index < -0.39 is 0 Å². The van der Waals surface area contributed by atoms with Crippen molar-refractivity contribution in [3.63, 3.8) is 0 Å². The Morgan fingerprint density at radius 3 is 2.64 bits per heavy atom. The van der Waals surface area contributed by atoms with Gasteiger partial charge in [-0.1, -0.05) is 47.6 Å². The maximum Gasteiger partial charge on any atom is 0.226 e. The first-order chi connectivity index (χ1) is 12.2. The van der Waals surface area contributed by atoms with Gasteiger partial charge in [-0.05, 0) is 30.5 Å². The Bertz CT molecular complexity index is 830. The van der Waals surface area contributed by atoms with Gasteiger partial charge in [0, 0.05) is 12.6 Å². The minimum Gasteiger partial charge on any atom is -0.356 e. The summed E-state index contributed by atoms with van der Waals surface area (Å²) in [4.78, 5) is 12.0. The Balaban J connectivity index is 1.46. The van der Waals surface area contributed by atoms with Crippen molar-refractivity contribution in [2.45, 2.75) is 19.3 Å². The Labute approximate surface area is 145 Å². The van der Waals surface area contributed by atoms with E-state index in [-0.39, 0.29) is 18.1 Å². The fourth-order valence-electron chi connectivity index (χ4n) is 2.58. The molecule has 1 N–H and O–H groups in total. The van der Waals surface area contributed by atoms with Gasteiger partial charge in [0.15, 0.2) is 5.76 Å². The molecule has 0 aliphatic rings. The number of hydrogen-bond acceptors (Lipinski definition) is 3. The summed E-state index contributed by atoms with van der Waals surface area (Å²) in [6.07, 6.45) is 1.90. The molecule has 0 atom stereocenters. The SMILES string of the molecule is O=C(Cc1cc(-c2ccccc2F)on1)NCCCc1ccccc1. The van der Waals surface area contributed by atoms with Crippen LogP contribution in [0.25, 0.3) is 11.3 Å². The van der Waals surface area contributed by atoms with Crippen molar-refractivity contribution in [3.05, 3.63) is 77.7 Å². The highest BCUT2D eigenvalue weighted by atomic mass is 19.1. The molecule has 4 nitrogen and oxygen atoms in total. The monoisotopic (exact) mass is 338 g/mol. The highest BCUT2D eigenvalue weighted by Crippen LogP contribution is 2.23. The molecule has 0 bridgehead atoms.